The number of carboxylic acids is 1. The normalized spacial score (nSPS) is 10.6. The second kappa shape index (κ2) is 6.58. The van der Waals surface area contributed by atoms with Crippen LogP contribution in [-0.2, 0) is 4.79 Å². The van der Waals surface area contributed by atoms with E-state index in [-0.39, 0.29) is 17.0 Å². The highest BCUT2D eigenvalue weighted by atomic mass is 16.4. The van der Waals surface area contributed by atoms with Gasteiger partial charge in [0.25, 0.3) is 0 Å². The van der Waals surface area contributed by atoms with Crippen molar-refractivity contribution >= 4 is 23.6 Å². The van der Waals surface area contributed by atoms with Crippen LogP contribution >= 0.6 is 0 Å². The lowest BCUT2D eigenvalue weighted by molar-refractivity contribution is -0.111. The third-order valence-corrected chi connectivity index (χ3v) is 2.96. The van der Waals surface area contributed by atoms with Crippen LogP contribution in [-0.4, -0.2) is 22.1 Å². The largest absolute Gasteiger partial charge is 0.508 e. The average Bonchev–Trinajstić information content (AvgIpc) is 2.45. The van der Waals surface area contributed by atoms with Gasteiger partial charge in [-0.05, 0) is 48.4 Å². The van der Waals surface area contributed by atoms with E-state index in [2.05, 4.69) is 5.32 Å². The molecule has 2 aromatic rings. The molecule has 2 aromatic carbocycles. The van der Waals surface area contributed by atoms with Crippen LogP contribution in [0.1, 0.15) is 21.5 Å². The summed E-state index contributed by atoms with van der Waals surface area (Å²) in [5, 5.41) is 21.0. The zero-order valence-electron chi connectivity index (χ0n) is 11.9. The summed E-state index contributed by atoms with van der Waals surface area (Å²) in [5.41, 5.74) is 1.79. The standard InChI is InChI=1S/C17H15NO4/c1-11-5-7-14(17(21)22)15(9-11)18-16(20)8-6-12-3-2-4-13(19)10-12/h2-10,19H,1H3,(H,18,20)(H,21,22)/b8-6+. The molecular weight excluding hydrogens is 282 g/mol. The van der Waals surface area contributed by atoms with Crippen molar-refractivity contribution in [1.29, 1.82) is 0 Å². The number of carbonyl (C=O) groups is 2. The van der Waals surface area contributed by atoms with E-state index in [1.54, 1.807) is 24.3 Å². The lowest BCUT2D eigenvalue weighted by Gasteiger charge is -2.07. The molecule has 0 saturated heterocycles. The number of phenolic OH excluding ortho intramolecular Hbond substituents is 1. The van der Waals surface area contributed by atoms with Crippen LogP contribution in [0.2, 0.25) is 0 Å². The number of hydrogen-bond acceptors (Lipinski definition) is 3. The monoisotopic (exact) mass is 297 g/mol. The van der Waals surface area contributed by atoms with E-state index in [9.17, 15) is 14.7 Å². The number of aromatic hydroxyl groups is 1. The highest BCUT2D eigenvalue weighted by molar-refractivity contribution is 6.06. The van der Waals surface area contributed by atoms with E-state index in [4.69, 9.17) is 5.11 Å². The second-order valence-corrected chi connectivity index (χ2v) is 4.77. The average molecular weight is 297 g/mol. The third kappa shape index (κ3) is 3.96. The predicted molar refractivity (Wildman–Crippen MR) is 83.9 cm³/mol. The van der Waals surface area contributed by atoms with Crippen LogP contribution in [0, 0.1) is 6.92 Å². The number of amides is 1. The molecule has 0 bridgehead atoms. The minimum absolute atomic E-state index is 0.0321. The molecule has 3 N–H and O–H groups in total. The molecule has 0 heterocycles. The van der Waals surface area contributed by atoms with Gasteiger partial charge < -0.3 is 15.5 Å². The molecule has 2 rings (SSSR count). The third-order valence-electron chi connectivity index (χ3n) is 2.96. The van der Waals surface area contributed by atoms with Crippen molar-refractivity contribution in [3.8, 4) is 5.75 Å². The van der Waals surface area contributed by atoms with E-state index in [0.29, 0.717) is 5.56 Å². The molecule has 0 atom stereocenters. The summed E-state index contributed by atoms with van der Waals surface area (Å²) in [6, 6.07) is 11.2. The van der Waals surface area contributed by atoms with Crippen LogP contribution in [0.15, 0.2) is 48.5 Å². The first-order valence-corrected chi connectivity index (χ1v) is 6.58. The lowest BCUT2D eigenvalue weighted by atomic mass is 10.1. The lowest BCUT2D eigenvalue weighted by Crippen LogP contribution is -2.12. The molecule has 0 aliphatic rings. The molecule has 0 unspecified atom stereocenters. The summed E-state index contributed by atoms with van der Waals surface area (Å²) in [6.07, 6.45) is 2.81. The molecule has 0 saturated carbocycles. The summed E-state index contributed by atoms with van der Waals surface area (Å²) in [6.45, 7) is 1.81. The molecule has 5 heteroatoms. The highest BCUT2D eigenvalue weighted by Gasteiger charge is 2.11. The second-order valence-electron chi connectivity index (χ2n) is 4.77. The first-order valence-electron chi connectivity index (χ1n) is 6.58. The predicted octanol–water partition coefficient (Wildman–Crippen LogP) is 3.05. The summed E-state index contributed by atoms with van der Waals surface area (Å²) < 4.78 is 0. The first-order chi connectivity index (χ1) is 10.5. The number of nitrogens with one attached hydrogen (secondary N) is 1. The van der Waals surface area contributed by atoms with Gasteiger partial charge in [0.2, 0.25) is 5.91 Å². The van der Waals surface area contributed by atoms with Crippen molar-refractivity contribution in [3.63, 3.8) is 0 Å². The molecule has 0 spiro atoms. The van der Waals surface area contributed by atoms with Gasteiger partial charge in [0, 0.05) is 6.08 Å². The Labute approximate surface area is 127 Å². The minimum Gasteiger partial charge on any atom is -0.508 e. The van der Waals surface area contributed by atoms with Crippen molar-refractivity contribution < 1.29 is 19.8 Å². The number of aryl methyl sites for hydroxylation is 1. The highest BCUT2D eigenvalue weighted by Crippen LogP contribution is 2.18. The molecular formula is C17H15NO4. The molecule has 0 radical (unpaired) electrons. The summed E-state index contributed by atoms with van der Waals surface area (Å²) >= 11 is 0. The van der Waals surface area contributed by atoms with Crippen molar-refractivity contribution in [3.05, 3.63) is 65.2 Å². The van der Waals surface area contributed by atoms with Crippen molar-refractivity contribution in [2.75, 3.05) is 5.32 Å². The summed E-state index contributed by atoms with van der Waals surface area (Å²) in [7, 11) is 0. The van der Waals surface area contributed by atoms with Gasteiger partial charge in [-0.2, -0.15) is 0 Å². The molecule has 0 aromatic heterocycles. The maximum atomic E-state index is 11.9. The van der Waals surface area contributed by atoms with Crippen molar-refractivity contribution in [2.24, 2.45) is 0 Å². The quantitative estimate of drug-likeness (QED) is 0.757. The number of carboxylic acid groups (broad SMARTS) is 1. The Morgan fingerprint density at radius 2 is 1.91 bits per heavy atom. The molecule has 1 amide bonds. The number of hydrogen-bond donors (Lipinski definition) is 3. The molecule has 112 valence electrons. The maximum absolute atomic E-state index is 11.9. The molecule has 5 nitrogen and oxygen atoms in total. The van der Waals surface area contributed by atoms with Crippen LogP contribution < -0.4 is 5.32 Å². The number of anilines is 1. The fourth-order valence-corrected chi connectivity index (χ4v) is 1.92. The topological polar surface area (TPSA) is 86.6 Å². The Morgan fingerprint density at radius 3 is 2.59 bits per heavy atom. The Balaban J connectivity index is 2.15. The van der Waals surface area contributed by atoms with Crippen LogP contribution in [0.4, 0.5) is 5.69 Å². The molecule has 0 aliphatic carbocycles. The van der Waals surface area contributed by atoms with Gasteiger partial charge in [-0.1, -0.05) is 18.2 Å². The van der Waals surface area contributed by atoms with Crippen LogP contribution in [0.25, 0.3) is 6.08 Å². The first kappa shape index (κ1) is 15.3. The molecule has 0 fully saturated rings. The number of carbonyl (C=O) groups excluding carboxylic acids is 1. The zero-order valence-corrected chi connectivity index (χ0v) is 11.9. The Morgan fingerprint density at radius 1 is 1.14 bits per heavy atom. The summed E-state index contributed by atoms with van der Waals surface area (Å²) in [5.74, 6) is -1.45. The minimum atomic E-state index is -1.10. The van der Waals surface area contributed by atoms with Gasteiger partial charge >= 0.3 is 5.97 Å². The van der Waals surface area contributed by atoms with Crippen molar-refractivity contribution in [1.82, 2.24) is 0 Å². The number of rotatable bonds is 4. The van der Waals surface area contributed by atoms with Gasteiger partial charge in [0.05, 0.1) is 11.3 Å². The van der Waals surface area contributed by atoms with E-state index < -0.39 is 11.9 Å². The van der Waals surface area contributed by atoms with Crippen LogP contribution in [0.5, 0.6) is 5.75 Å². The van der Waals surface area contributed by atoms with E-state index in [1.807, 2.05) is 6.92 Å². The number of phenols is 1. The van der Waals surface area contributed by atoms with Gasteiger partial charge in [-0.3, -0.25) is 4.79 Å². The van der Waals surface area contributed by atoms with Gasteiger partial charge in [-0.15, -0.1) is 0 Å². The van der Waals surface area contributed by atoms with Gasteiger partial charge in [0.1, 0.15) is 5.75 Å². The van der Waals surface area contributed by atoms with Gasteiger partial charge in [-0.25, -0.2) is 4.79 Å². The van der Waals surface area contributed by atoms with E-state index in [0.717, 1.165) is 5.56 Å². The number of benzene rings is 2. The Kier molecular flexibility index (Phi) is 4.58. The number of aromatic carboxylic acids is 1. The van der Waals surface area contributed by atoms with Crippen LogP contribution in [0.3, 0.4) is 0 Å². The maximum Gasteiger partial charge on any atom is 0.337 e. The smallest absolute Gasteiger partial charge is 0.337 e. The van der Waals surface area contributed by atoms with Crippen molar-refractivity contribution in [2.45, 2.75) is 6.92 Å². The fraction of sp³-hybridized carbons (Fsp3) is 0.0588. The fourth-order valence-electron chi connectivity index (χ4n) is 1.92. The zero-order chi connectivity index (χ0) is 16.1. The SMILES string of the molecule is Cc1ccc(C(=O)O)c(NC(=O)/C=C/c2cccc(O)c2)c1. The Bertz CT molecular complexity index is 750. The Hall–Kier alpha value is -3.08. The molecule has 0 aliphatic heterocycles. The van der Waals surface area contributed by atoms with E-state index in [1.165, 1.54) is 30.4 Å². The summed E-state index contributed by atoms with van der Waals surface area (Å²) in [4.78, 5) is 23.0. The molecule has 22 heavy (non-hydrogen) atoms. The van der Waals surface area contributed by atoms with Gasteiger partial charge in [0.15, 0.2) is 0 Å². The van der Waals surface area contributed by atoms with E-state index >= 15 is 0 Å².